The summed E-state index contributed by atoms with van der Waals surface area (Å²) >= 11 is 1.61. The lowest BCUT2D eigenvalue weighted by Gasteiger charge is -2.18. The van der Waals surface area contributed by atoms with Gasteiger partial charge in [0.2, 0.25) is 0 Å². The second kappa shape index (κ2) is 7.89. The van der Waals surface area contributed by atoms with Crippen LogP contribution in [-0.4, -0.2) is 32.9 Å². The smallest absolute Gasteiger partial charge is 0.187 e. The number of likely N-dealkylation sites (tertiary alicyclic amines) is 1. The maximum Gasteiger partial charge on any atom is 0.187 e. The fourth-order valence-electron chi connectivity index (χ4n) is 4.15. The third-order valence-electron chi connectivity index (χ3n) is 5.48. The van der Waals surface area contributed by atoms with Gasteiger partial charge in [0.15, 0.2) is 5.13 Å². The second-order valence-electron chi connectivity index (χ2n) is 7.59. The van der Waals surface area contributed by atoms with Crippen LogP contribution in [-0.2, 0) is 6.54 Å². The monoisotopic (exact) mass is 401 g/mol. The predicted molar refractivity (Wildman–Crippen MR) is 119 cm³/mol. The molecule has 1 saturated heterocycles. The highest BCUT2D eigenvalue weighted by atomic mass is 32.1. The van der Waals surface area contributed by atoms with Crippen LogP contribution in [0, 0.1) is 6.92 Å². The van der Waals surface area contributed by atoms with Crippen molar-refractivity contribution in [2.75, 3.05) is 18.4 Å². The van der Waals surface area contributed by atoms with E-state index in [9.17, 15) is 0 Å². The van der Waals surface area contributed by atoms with Crippen molar-refractivity contribution in [2.45, 2.75) is 25.8 Å². The van der Waals surface area contributed by atoms with Crippen LogP contribution in [0.15, 0.2) is 60.2 Å². The number of thiazole rings is 1. The van der Waals surface area contributed by atoms with Crippen molar-refractivity contribution in [3.05, 3.63) is 77.2 Å². The summed E-state index contributed by atoms with van der Waals surface area (Å²) in [6, 6.07) is 14.9. The molecule has 4 aromatic rings. The second-order valence-corrected chi connectivity index (χ2v) is 8.49. The molecule has 0 radical (unpaired) electrons. The minimum Gasteiger partial charge on any atom is -0.331 e. The van der Waals surface area contributed by atoms with Gasteiger partial charge in [0, 0.05) is 59.2 Å². The Morgan fingerprint density at radius 2 is 2.10 bits per heavy atom. The Bertz CT molecular complexity index is 1120. The van der Waals surface area contributed by atoms with Gasteiger partial charge in [-0.05, 0) is 49.7 Å². The molecule has 0 amide bonds. The SMILES string of the molecule is Cc1cc(Nc2nccs2)cc([C@H]2CCN(Cc3cccc4ncccc34)C2)n1. The number of rotatable bonds is 5. The van der Waals surface area contributed by atoms with Crippen molar-refractivity contribution >= 4 is 33.1 Å². The quantitative estimate of drug-likeness (QED) is 0.502. The molecule has 6 heteroatoms. The van der Waals surface area contributed by atoms with Gasteiger partial charge < -0.3 is 5.32 Å². The number of hydrogen-bond donors (Lipinski definition) is 1. The Morgan fingerprint density at radius 3 is 3.00 bits per heavy atom. The molecule has 5 rings (SSSR count). The number of nitrogens with zero attached hydrogens (tertiary/aromatic N) is 4. The van der Waals surface area contributed by atoms with Crippen LogP contribution < -0.4 is 5.32 Å². The van der Waals surface area contributed by atoms with Crippen molar-refractivity contribution in [1.29, 1.82) is 0 Å². The summed E-state index contributed by atoms with van der Waals surface area (Å²) in [5.41, 5.74) is 5.70. The normalized spacial score (nSPS) is 17.1. The Labute approximate surface area is 174 Å². The predicted octanol–water partition coefficient (Wildman–Crippen LogP) is 5.13. The zero-order valence-corrected chi connectivity index (χ0v) is 17.2. The number of aromatic nitrogens is 3. The number of pyridine rings is 2. The zero-order valence-electron chi connectivity index (χ0n) is 16.4. The minimum absolute atomic E-state index is 0.458. The van der Waals surface area contributed by atoms with Gasteiger partial charge in [0.05, 0.1) is 5.52 Å². The van der Waals surface area contributed by atoms with Crippen molar-refractivity contribution < 1.29 is 0 Å². The van der Waals surface area contributed by atoms with E-state index < -0.39 is 0 Å². The van der Waals surface area contributed by atoms with Crippen LogP contribution in [0.2, 0.25) is 0 Å². The van der Waals surface area contributed by atoms with Crippen molar-refractivity contribution in [3.63, 3.8) is 0 Å². The largest absolute Gasteiger partial charge is 0.331 e. The Hall–Kier alpha value is -2.83. The molecule has 1 N–H and O–H groups in total. The van der Waals surface area contributed by atoms with Crippen LogP contribution in [0.5, 0.6) is 0 Å². The highest BCUT2D eigenvalue weighted by Crippen LogP contribution is 2.31. The fraction of sp³-hybridized carbons (Fsp3) is 0.261. The molecule has 4 heterocycles. The van der Waals surface area contributed by atoms with Crippen LogP contribution in [0.25, 0.3) is 10.9 Å². The molecule has 146 valence electrons. The van der Waals surface area contributed by atoms with Gasteiger partial charge in [-0.3, -0.25) is 14.9 Å². The van der Waals surface area contributed by atoms with Crippen molar-refractivity contribution in [3.8, 4) is 0 Å². The topological polar surface area (TPSA) is 53.9 Å². The lowest BCUT2D eigenvalue weighted by atomic mass is 10.0. The van der Waals surface area contributed by atoms with Crippen LogP contribution in [0.4, 0.5) is 10.8 Å². The zero-order chi connectivity index (χ0) is 19.6. The number of hydrogen-bond acceptors (Lipinski definition) is 6. The maximum absolute atomic E-state index is 4.84. The first kappa shape index (κ1) is 18.2. The molecule has 5 nitrogen and oxygen atoms in total. The summed E-state index contributed by atoms with van der Waals surface area (Å²) in [5.74, 6) is 0.458. The lowest BCUT2D eigenvalue weighted by molar-refractivity contribution is 0.327. The van der Waals surface area contributed by atoms with Crippen molar-refractivity contribution in [1.82, 2.24) is 19.9 Å². The van der Waals surface area contributed by atoms with Gasteiger partial charge in [-0.1, -0.05) is 18.2 Å². The maximum atomic E-state index is 4.84. The number of benzene rings is 1. The van der Waals surface area contributed by atoms with E-state index >= 15 is 0 Å². The molecular formula is C23H23N5S. The third kappa shape index (κ3) is 3.99. The van der Waals surface area contributed by atoms with E-state index in [1.807, 2.05) is 23.8 Å². The first-order valence-electron chi connectivity index (χ1n) is 9.95. The van der Waals surface area contributed by atoms with Gasteiger partial charge in [-0.15, -0.1) is 11.3 Å². The standard InChI is InChI=1S/C23H23N5S/c1-16-12-19(27-23-25-9-11-29-23)13-22(26-16)18-7-10-28(15-18)14-17-4-2-6-21-20(17)5-3-8-24-21/h2-6,8-9,11-13,18H,7,10,14-15H2,1H3,(H,25,26,27)/t18-/m0/s1. The molecule has 0 aliphatic carbocycles. The average Bonchev–Trinajstić information content (AvgIpc) is 3.40. The molecule has 1 aliphatic heterocycles. The summed E-state index contributed by atoms with van der Waals surface area (Å²) < 4.78 is 0. The third-order valence-corrected chi connectivity index (χ3v) is 6.17. The molecule has 0 saturated carbocycles. The Balaban J connectivity index is 1.32. The summed E-state index contributed by atoms with van der Waals surface area (Å²) in [4.78, 5) is 16.2. The summed E-state index contributed by atoms with van der Waals surface area (Å²) in [6.07, 6.45) is 4.81. The molecule has 0 unspecified atom stereocenters. The fourth-order valence-corrected chi connectivity index (χ4v) is 4.70. The first-order valence-corrected chi connectivity index (χ1v) is 10.8. The molecule has 3 aromatic heterocycles. The lowest BCUT2D eigenvalue weighted by Crippen LogP contribution is -2.20. The average molecular weight is 402 g/mol. The Morgan fingerprint density at radius 1 is 1.14 bits per heavy atom. The summed E-state index contributed by atoms with van der Waals surface area (Å²) in [6.45, 7) is 5.14. The molecule has 1 aromatic carbocycles. The Kier molecular flexibility index (Phi) is 4.96. The van der Waals surface area contributed by atoms with Gasteiger partial charge in [0.25, 0.3) is 0 Å². The van der Waals surface area contributed by atoms with Crippen LogP contribution in [0.3, 0.4) is 0 Å². The van der Waals surface area contributed by atoms with E-state index in [2.05, 4.69) is 63.5 Å². The van der Waals surface area contributed by atoms with Gasteiger partial charge in [-0.2, -0.15) is 0 Å². The molecule has 0 bridgehead atoms. The van der Waals surface area contributed by atoms with Crippen LogP contribution in [0.1, 0.15) is 29.3 Å². The highest BCUT2D eigenvalue weighted by Gasteiger charge is 2.25. The molecule has 1 fully saturated rings. The van der Waals surface area contributed by atoms with E-state index in [0.29, 0.717) is 5.92 Å². The van der Waals surface area contributed by atoms with Gasteiger partial charge >= 0.3 is 0 Å². The number of aryl methyl sites for hydroxylation is 1. The highest BCUT2D eigenvalue weighted by molar-refractivity contribution is 7.13. The van der Waals surface area contributed by atoms with Crippen LogP contribution >= 0.6 is 11.3 Å². The summed E-state index contributed by atoms with van der Waals surface area (Å²) in [5, 5.41) is 7.56. The molecule has 0 spiro atoms. The van der Waals surface area contributed by atoms with Gasteiger partial charge in [-0.25, -0.2) is 4.98 Å². The van der Waals surface area contributed by atoms with Gasteiger partial charge in [0.1, 0.15) is 0 Å². The minimum atomic E-state index is 0.458. The molecule has 1 aliphatic rings. The molecular weight excluding hydrogens is 378 g/mol. The molecule has 29 heavy (non-hydrogen) atoms. The van der Waals surface area contributed by atoms with E-state index in [-0.39, 0.29) is 0 Å². The number of anilines is 2. The van der Waals surface area contributed by atoms with E-state index in [4.69, 9.17) is 4.98 Å². The van der Waals surface area contributed by atoms with E-state index in [1.54, 1.807) is 11.3 Å². The molecule has 1 atom stereocenters. The van der Waals surface area contributed by atoms with E-state index in [1.165, 1.54) is 16.6 Å². The van der Waals surface area contributed by atoms with E-state index in [0.717, 1.165) is 48.1 Å². The first-order chi connectivity index (χ1) is 14.2. The summed E-state index contributed by atoms with van der Waals surface area (Å²) in [7, 11) is 0. The number of nitrogens with one attached hydrogen (secondary N) is 1. The van der Waals surface area contributed by atoms with Crippen molar-refractivity contribution in [2.24, 2.45) is 0 Å². The number of fused-ring (bicyclic) bond motifs is 1.